The van der Waals surface area contributed by atoms with Crippen LogP contribution in [0.15, 0.2) is 24.3 Å². The van der Waals surface area contributed by atoms with Crippen molar-refractivity contribution in [3.8, 4) is 0 Å². The number of carbonyl (C=O) groups excluding carboxylic acids is 3. The van der Waals surface area contributed by atoms with Crippen molar-refractivity contribution in [3.05, 3.63) is 29.8 Å². The van der Waals surface area contributed by atoms with Gasteiger partial charge in [-0.3, -0.25) is 4.90 Å². The molecule has 1 aliphatic rings. The lowest BCUT2D eigenvalue weighted by molar-refractivity contribution is -0.0647. The highest BCUT2D eigenvalue weighted by Gasteiger charge is 2.46. The number of hydrogen-bond donors (Lipinski definition) is 2. The smallest absolute Gasteiger partial charge is 0.413 e. The van der Waals surface area contributed by atoms with Gasteiger partial charge in [0.05, 0.1) is 18.2 Å². The summed E-state index contributed by atoms with van der Waals surface area (Å²) in [4.78, 5) is 37.3. The van der Waals surface area contributed by atoms with Gasteiger partial charge in [0.1, 0.15) is 17.9 Å². The molecule has 1 saturated heterocycles. The Morgan fingerprint density at radius 3 is 2.61 bits per heavy atom. The van der Waals surface area contributed by atoms with Gasteiger partial charge < -0.3 is 25.3 Å². The number of rotatable bonds is 4. The lowest BCUT2D eigenvalue weighted by Gasteiger charge is -2.34. The summed E-state index contributed by atoms with van der Waals surface area (Å²) in [5.41, 5.74) is 4.15. The second kappa shape index (κ2) is 8.05. The number of hydrogen-bond acceptors (Lipinski definition) is 6. The Bertz CT molecular complexity index is 756. The molecule has 1 heterocycles. The number of ether oxygens (including phenoxy) is 3. The van der Waals surface area contributed by atoms with Gasteiger partial charge in [-0.25, -0.2) is 14.4 Å². The molecule has 1 aliphatic heterocycles. The van der Waals surface area contributed by atoms with Gasteiger partial charge in [-0.1, -0.05) is 6.07 Å². The van der Waals surface area contributed by atoms with Crippen LogP contribution in [0.2, 0.25) is 0 Å². The predicted molar refractivity (Wildman–Crippen MR) is 102 cm³/mol. The quantitative estimate of drug-likeness (QED) is 0.759. The zero-order valence-electron chi connectivity index (χ0n) is 16.8. The molecule has 3 N–H and O–H groups in total. The Kier molecular flexibility index (Phi) is 6.18. The number of esters is 1. The molecule has 1 aromatic rings. The van der Waals surface area contributed by atoms with Crippen LogP contribution in [0.4, 0.5) is 15.3 Å². The van der Waals surface area contributed by atoms with Gasteiger partial charge in [0.2, 0.25) is 0 Å². The highest BCUT2D eigenvalue weighted by molar-refractivity contribution is 5.93. The molecule has 28 heavy (non-hydrogen) atoms. The number of primary amides is 1. The van der Waals surface area contributed by atoms with E-state index in [4.69, 9.17) is 19.9 Å². The Balaban J connectivity index is 2.05. The van der Waals surface area contributed by atoms with Gasteiger partial charge in [-0.15, -0.1) is 0 Å². The summed E-state index contributed by atoms with van der Waals surface area (Å²) in [6.45, 7) is 8.97. The summed E-state index contributed by atoms with van der Waals surface area (Å²) >= 11 is 0. The first-order valence-corrected chi connectivity index (χ1v) is 8.89. The van der Waals surface area contributed by atoms with Gasteiger partial charge in [0.15, 0.2) is 0 Å². The van der Waals surface area contributed by atoms with Crippen molar-refractivity contribution in [1.82, 2.24) is 4.90 Å². The summed E-state index contributed by atoms with van der Waals surface area (Å²) in [6, 6.07) is 4.98. The maximum atomic E-state index is 12.6. The van der Waals surface area contributed by atoms with E-state index < -0.39 is 35.5 Å². The SMILES string of the molecule is CC(C)(C)OC(=O)N1[C@@H](COC(=O)c2cccc(NC(N)=O)c2)COC1(C)C. The highest BCUT2D eigenvalue weighted by atomic mass is 16.6. The molecule has 3 amide bonds. The zero-order valence-corrected chi connectivity index (χ0v) is 16.8. The normalized spacial score (nSPS) is 18.5. The minimum Gasteiger partial charge on any atom is -0.460 e. The third-order valence-electron chi connectivity index (χ3n) is 3.94. The zero-order chi connectivity index (χ0) is 21.1. The highest BCUT2D eigenvalue weighted by Crippen LogP contribution is 2.29. The minimum atomic E-state index is -0.884. The van der Waals surface area contributed by atoms with Crippen LogP contribution in [0.1, 0.15) is 45.0 Å². The lowest BCUT2D eigenvalue weighted by atomic mass is 10.2. The van der Waals surface area contributed by atoms with Crippen molar-refractivity contribution in [2.45, 2.75) is 52.0 Å². The fourth-order valence-corrected chi connectivity index (χ4v) is 2.81. The number of carbonyl (C=O) groups is 3. The molecule has 0 radical (unpaired) electrons. The monoisotopic (exact) mass is 393 g/mol. The maximum absolute atomic E-state index is 12.6. The Morgan fingerprint density at radius 1 is 1.32 bits per heavy atom. The number of urea groups is 1. The maximum Gasteiger partial charge on any atom is 0.413 e. The molecule has 154 valence electrons. The van der Waals surface area contributed by atoms with Gasteiger partial charge in [-0.2, -0.15) is 0 Å². The van der Waals surface area contributed by atoms with E-state index in [-0.39, 0.29) is 18.8 Å². The van der Waals surface area contributed by atoms with Crippen molar-refractivity contribution >= 4 is 23.8 Å². The van der Waals surface area contributed by atoms with Crippen LogP contribution in [0, 0.1) is 0 Å². The lowest BCUT2D eigenvalue weighted by Crippen LogP contribution is -2.51. The van der Waals surface area contributed by atoms with Crippen LogP contribution in [0.25, 0.3) is 0 Å². The van der Waals surface area contributed by atoms with Crippen LogP contribution >= 0.6 is 0 Å². The summed E-state index contributed by atoms with van der Waals surface area (Å²) < 4.78 is 16.5. The second-order valence-electron chi connectivity index (χ2n) is 7.93. The number of nitrogens with zero attached hydrogens (tertiary/aromatic N) is 1. The molecule has 0 bridgehead atoms. The third-order valence-corrected chi connectivity index (χ3v) is 3.94. The van der Waals surface area contributed by atoms with Crippen molar-refractivity contribution in [2.75, 3.05) is 18.5 Å². The van der Waals surface area contributed by atoms with Gasteiger partial charge in [0.25, 0.3) is 0 Å². The first-order valence-electron chi connectivity index (χ1n) is 8.89. The fraction of sp³-hybridized carbons (Fsp3) is 0.526. The number of nitrogens with one attached hydrogen (secondary N) is 1. The molecule has 9 nitrogen and oxygen atoms in total. The molecule has 9 heteroatoms. The Labute approximate surface area is 164 Å². The van der Waals surface area contributed by atoms with E-state index in [9.17, 15) is 14.4 Å². The van der Waals surface area contributed by atoms with Gasteiger partial charge in [-0.05, 0) is 52.8 Å². The molecule has 0 aromatic heterocycles. The van der Waals surface area contributed by atoms with Crippen molar-refractivity contribution in [1.29, 1.82) is 0 Å². The molecule has 1 fully saturated rings. The fourth-order valence-electron chi connectivity index (χ4n) is 2.81. The van der Waals surface area contributed by atoms with Crippen LogP contribution in [-0.2, 0) is 14.2 Å². The first kappa shape index (κ1) is 21.5. The molecule has 1 atom stereocenters. The molecule has 0 unspecified atom stereocenters. The average molecular weight is 393 g/mol. The van der Waals surface area contributed by atoms with Gasteiger partial charge in [0, 0.05) is 5.69 Å². The van der Waals surface area contributed by atoms with Crippen LogP contribution in [0.3, 0.4) is 0 Å². The number of benzene rings is 1. The molecule has 2 rings (SSSR count). The van der Waals surface area contributed by atoms with E-state index in [1.165, 1.54) is 11.0 Å². The number of anilines is 1. The van der Waals surface area contributed by atoms with Crippen molar-refractivity contribution in [2.24, 2.45) is 5.73 Å². The standard InChI is InChI=1S/C19H27N3O6/c1-18(2,3)28-17(25)22-14(11-27-19(22,4)5)10-26-15(23)12-7-6-8-13(9-12)21-16(20)24/h6-9,14H,10-11H2,1-5H3,(H3,20,21,24)/t14-/m0/s1. The molecular formula is C19H27N3O6. The molecular weight excluding hydrogens is 366 g/mol. The average Bonchev–Trinajstić information content (AvgIpc) is 2.85. The van der Waals surface area contributed by atoms with Gasteiger partial charge >= 0.3 is 18.1 Å². The summed E-state index contributed by atoms with van der Waals surface area (Å²) in [5, 5.41) is 2.39. The summed E-state index contributed by atoms with van der Waals surface area (Å²) in [5.74, 6) is -0.595. The van der Waals surface area contributed by atoms with Crippen LogP contribution in [0.5, 0.6) is 0 Å². The third kappa shape index (κ3) is 5.59. The van der Waals surface area contributed by atoms with Crippen molar-refractivity contribution in [3.63, 3.8) is 0 Å². The molecule has 0 spiro atoms. The van der Waals surface area contributed by atoms with E-state index in [1.807, 2.05) is 0 Å². The van der Waals surface area contributed by atoms with E-state index in [0.717, 1.165) is 0 Å². The van der Waals surface area contributed by atoms with Crippen LogP contribution in [-0.4, -0.2) is 53.6 Å². The molecule has 1 aromatic carbocycles. The number of amides is 3. The van der Waals surface area contributed by atoms with E-state index in [2.05, 4.69) is 5.32 Å². The van der Waals surface area contributed by atoms with Crippen molar-refractivity contribution < 1.29 is 28.6 Å². The largest absolute Gasteiger partial charge is 0.460 e. The minimum absolute atomic E-state index is 0.0605. The summed E-state index contributed by atoms with van der Waals surface area (Å²) in [6.07, 6.45) is -0.538. The van der Waals surface area contributed by atoms with E-state index in [0.29, 0.717) is 5.69 Å². The Morgan fingerprint density at radius 2 is 2.00 bits per heavy atom. The summed E-state index contributed by atoms with van der Waals surface area (Å²) in [7, 11) is 0. The second-order valence-corrected chi connectivity index (χ2v) is 7.93. The topological polar surface area (TPSA) is 120 Å². The predicted octanol–water partition coefficient (Wildman–Crippen LogP) is 2.71. The molecule has 0 aliphatic carbocycles. The van der Waals surface area contributed by atoms with E-state index >= 15 is 0 Å². The van der Waals surface area contributed by atoms with Crippen LogP contribution < -0.4 is 11.1 Å². The van der Waals surface area contributed by atoms with E-state index in [1.54, 1.807) is 52.8 Å². The Hall–Kier alpha value is -2.81. The first-order chi connectivity index (χ1) is 12.9. The molecule has 0 saturated carbocycles. The number of nitrogens with two attached hydrogens (primary N) is 1.